The lowest BCUT2D eigenvalue weighted by Gasteiger charge is -2.15. The number of anilines is 1. The number of benzene rings is 2. The predicted molar refractivity (Wildman–Crippen MR) is 103 cm³/mol. The Morgan fingerprint density at radius 3 is 2.30 bits per heavy atom. The maximum Gasteiger partial charge on any atom is 0.337 e. The molecule has 0 heterocycles. The fraction of sp³-hybridized carbons (Fsp3) is 0.176. The van der Waals surface area contributed by atoms with Crippen LogP contribution in [0.2, 0.25) is 10.0 Å². The van der Waals surface area contributed by atoms with Crippen molar-refractivity contribution in [2.24, 2.45) is 0 Å². The topological polar surface area (TPSA) is 102 Å². The summed E-state index contributed by atoms with van der Waals surface area (Å²) in [6.07, 6.45) is 0. The number of halogens is 2. The summed E-state index contributed by atoms with van der Waals surface area (Å²) < 4.78 is 31.7. The molecule has 10 heteroatoms. The van der Waals surface area contributed by atoms with E-state index in [1.807, 2.05) is 0 Å². The first-order valence-corrected chi connectivity index (χ1v) is 9.84. The number of esters is 1. The number of carbonyl (C=O) groups excluding carboxylic acids is 2. The van der Waals surface area contributed by atoms with E-state index in [4.69, 9.17) is 23.2 Å². The van der Waals surface area contributed by atoms with Crippen LogP contribution in [0.5, 0.6) is 0 Å². The van der Waals surface area contributed by atoms with Crippen LogP contribution in [0.3, 0.4) is 0 Å². The number of carbonyl (C=O) groups is 2. The van der Waals surface area contributed by atoms with Gasteiger partial charge in [-0.25, -0.2) is 13.2 Å². The van der Waals surface area contributed by atoms with E-state index in [1.165, 1.54) is 56.5 Å². The Morgan fingerprint density at radius 1 is 1.07 bits per heavy atom. The molecule has 0 aliphatic carbocycles. The zero-order chi connectivity index (χ0) is 20.2. The molecule has 2 aromatic carbocycles. The molecule has 0 fully saturated rings. The summed E-state index contributed by atoms with van der Waals surface area (Å²) in [5.74, 6) is -1.10. The molecule has 0 bridgehead atoms. The standard InChI is InChI=1S/C17H16Cl2N2O5S/c1-10(21-27(24,25)15-9-12(18)5-8-14(15)19)16(22)20-13-6-3-11(4-7-13)17(23)26-2/h3-10,21H,1-2H3,(H,20,22)/t10-/m1/s1. The van der Waals surface area contributed by atoms with Gasteiger partial charge in [0.1, 0.15) is 4.90 Å². The van der Waals surface area contributed by atoms with Gasteiger partial charge >= 0.3 is 5.97 Å². The van der Waals surface area contributed by atoms with Crippen LogP contribution in [-0.2, 0) is 19.6 Å². The van der Waals surface area contributed by atoms with Gasteiger partial charge in [0, 0.05) is 10.7 Å². The van der Waals surface area contributed by atoms with Crippen LogP contribution in [0.15, 0.2) is 47.4 Å². The summed E-state index contributed by atoms with van der Waals surface area (Å²) in [6, 6.07) is 8.86. The number of hydrogen-bond donors (Lipinski definition) is 2. The van der Waals surface area contributed by atoms with E-state index in [-0.39, 0.29) is 14.9 Å². The quantitative estimate of drug-likeness (QED) is 0.685. The van der Waals surface area contributed by atoms with Crippen LogP contribution in [0.4, 0.5) is 5.69 Å². The van der Waals surface area contributed by atoms with Crippen molar-refractivity contribution in [2.75, 3.05) is 12.4 Å². The van der Waals surface area contributed by atoms with E-state index < -0.39 is 27.9 Å². The molecular formula is C17H16Cl2N2O5S. The van der Waals surface area contributed by atoms with Crippen molar-refractivity contribution in [3.63, 3.8) is 0 Å². The van der Waals surface area contributed by atoms with Crippen LogP contribution in [0, 0.1) is 0 Å². The molecule has 0 unspecified atom stereocenters. The molecule has 0 aliphatic heterocycles. The van der Waals surface area contributed by atoms with Crippen LogP contribution in [0.25, 0.3) is 0 Å². The Morgan fingerprint density at radius 2 is 1.70 bits per heavy atom. The highest BCUT2D eigenvalue weighted by atomic mass is 35.5. The lowest BCUT2D eigenvalue weighted by atomic mass is 10.2. The smallest absolute Gasteiger partial charge is 0.337 e. The Labute approximate surface area is 166 Å². The second kappa shape index (κ2) is 8.71. The average molecular weight is 431 g/mol. The van der Waals surface area contributed by atoms with Gasteiger partial charge < -0.3 is 10.1 Å². The molecule has 2 rings (SSSR count). The highest BCUT2D eigenvalue weighted by molar-refractivity contribution is 7.89. The van der Waals surface area contributed by atoms with Gasteiger partial charge in [0.15, 0.2) is 0 Å². The van der Waals surface area contributed by atoms with Crippen molar-refractivity contribution in [3.05, 3.63) is 58.1 Å². The molecule has 2 aromatic rings. The van der Waals surface area contributed by atoms with Gasteiger partial charge in [0.2, 0.25) is 15.9 Å². The Hall–Kier alpha value is -2.13. The minimum atomic E-state index is -4.06. The minimum Gasteiger partial charge on any atom is -0.465 e. The highest BCUT2D eigenvalue weighted by Gasteiger charge is 2.24. The van der Waals surface area contributed by atoms with E-state index in [2.05, 4.69) is 14.8 Å². The van der Waals surface area contributed by atoms with Crippen LogP contribution in [0.1, 0.15) is 17.3 Å². The Bertz CT molecular complexity index is 962. The van der Waals surface area contributed by atoms with Crippen molar-refractivity contribution in [1.82, 2.24) is 4.72 Å². The summed E-state index contributed by atoms with van der Waals surface area (Å²) in [6.45, 7) is 1.38. The van der Waals surface area contributed by atoms with E-state index in [1.54, 1.807) is 0 Å². The van der Waals surface area contributed by atoms with Gasteiger partial charge in [-0.05, 0) is 49.4 Å². The zero-order valence-corrected chi connectivity index (χ0v) is 16.7. The van der Waals surface area contributed by atoms with Crippen LogP contribution < -0.4 is 10.0 Å². The molecule has 144 valence electrons. The second-order valence-electron chi connectivity index (χ2n) is 5.48. The summed E-state index contributed by atoms with van der Waals surface area (Å²) in [5, 5.41) is 2.73. The number of nitrogens with one attached hydrogen (secondary N) is 2. The second-order valence-corrected chi connectivity index (χ2v) is 8.00. The first-order chi connectivity index (χ1) is 12.6. The number of rotatable bonds is 6. The SMILES string of the molecule is COC(=O)c1ccc(NC(=O)[C@@H](C)NS(=O)(=O)c2cc(Cl)ccc2Cl)cc1. The maximum atomic E-state index is 12.4. The van der Waals surface area contributed by atoms with Gasteiger partial charge in [-0.3, -0.25) is 4.79 Å². The average Bonchev–Trinajstić information content (AvgIpc) is 2.63. The van der Waals surface area contributed by atoms with E-state index in [0.717, 1.165) is 0 Å². The lowest BCUT2D eigenvalue weighted by molar-refractivity contribution is -0.117. The van der Waals surface area contributed by atoms with Crippen molar-refractivity contribution < 1.29 is 22.7 Å². The van der Waals surface area contributed by atoms with Gasteiger partial charge in [0.05, 0.1) is 23.7 Å². The monoisotopic (exact) mass is 430 g/mol. The fourth-order valence-electron chi connectivity index (χ4n) is 2.09. The predicted octanol–water partition coefficient (Wildman–Crippen LogP) is 3.09. The largest absolute Gasteiger partial charge is 0.465 e. The van der Waals surface area contributed by atoms with Crippen LogP contribution in [-0.4, -0.2) is 33.4 Å². The lowest BCUT2D eigenvalue weighted by Crippen LogP contribution is -2.41. The van der Waals surface area contributed by atoms with Crippen molar-refractivity contribution >= 4 is 50.8 Å². The number of sulfonamides is 1. The Balaban J connectivity index is 2.09. The van der Waals surface area contributed by atoms with Gasteiger partial charge in [-0.1, -0.05) is 23.2 Å². The molecule has 2 N–H and O–H groups in total. The number of amides is 1. The first-order valence-electron chi connectivity index (χ1n) is 7.60. The molecule has 7 nitrogen and oxygen atoms in total. The third kappa shape index (κ3) is 5.43. The molecule has 0 saturated carbocycles. The highest BCUT2D eigenvalue weighted by Crippen LogP contribution is 2.25. The maximum absolute atomic E-state index is 12.4. The molecule has 1 amide bonds. The molecule has 0 spiro atoms. The molecular weight excluding hydrogens is 415 g/mol. The number of ether oxygens (including phenoxy) is 1. The third-order valence-electron chi connectivity index (χ3n) is 3.48. The first kappa shape index (κ1) is 21.2. The van der Waals surface area contributed by atoms with E-state index in [9.17, 15) is 18.0 Å². The Kier molecular flexibility index (Phi) is 6.83. The molecule has 0 aromatic heterocycles. The van der Waals surface area contributed by atoms with Gasteiger partial charge in [-0.2, -0.15) is 4.72 Å². The molecule has 0 aliphatic rings. The molecule has 0 radical (unpaired) electrons. The fourth-order valence-corrected chi connectivity index (χ4v) is 4.06. The molecule has 1 atom stereocenters. The minimum absolute atomic E-state index is 0.0158. The number of methoxy groups -OCH3 is 1. The normalized spacial score (nSPS) is 12.3. The molecule has 0 saturated heterocycles. The van der Waals surface area contributed by atoms with Gasteiger partial charge in [0.25, 0.3) is 0 Å². The summed E-state index contributed by atoms with van der Waals surface area (Å²) >= 11 is 11.7. The number of hydrogen-bond acceptors (Lipinski definition) is 5. The van der Waals surface area contributed by atoms with E-state index >= 15 is 0 Å². The van der Waals surface area contributed by atoms with Crippen molar-refractivity contribution in [1.29, 1.82) is 0 Å². The van der Waals surface area contributed by atoms with Gasteiger partial charge in [-0.15, -0.1) is 0 Å². The van der Waals surface area contributed by atoms with Crippen molar-refractivity contribution in [3.8, 4) is 0 Å². The van der Waals surface area contributed by atoms with E-state index in [0.29, 0.717) is 11.3 Å². The van der Waals surface area contributed by atoms with Crippen molar-refractivity contribution in [2.45, 2.75) is 17.9 Å². The third-order valence-corrected chi connectivity index (χ3v) is 5.74. The van der Waals surface area contributed by atoms with Crippen LogP contribution >= 0.6 is 23.2 Å². The zero-order valence-electron chi connectivity index (χ0n) is 14.3. The summed E-state index contributed by atoms with van der Waals surface area (Å²) in [7, 11) is -2.80. The summed E-state index contributed by atoms with van der Waals surface area (Å²) in [5.41, 5.74) is 0.708. The molecule has 27 heavy (non-hydrogen) atoms. The summed E-state index contributed by atoms with van der Waals surface area (Å²) in [4.78, 5) is 23.4.